The third-order valence-electron chi connectivity index (χ3n) is 3.64. The zero-order chi connectivity index (χ0) is 14.6. The first-order valence-corrected chi connectivity index (χ1v) is 7.80. The summed E-state index contributed by atoms with van der Waals surface area (Å²) in [4.78, 5) is 0. The molecule has 0 aromatic carbocycles. The van der Waals surface area contributed by atoms with E-state index in [0.29, 0.717) is 11.8 Å². The summed E-state index contributed by atoms with van der Waals surface area (Å²) in [5.74, 6) is 0.972. The first-order valence-electron chi connectivity index (χ1n) is 7.80. The second kappa shape index (κ2) is 13.4. The van der Waals surface area contributed by atoms with E-state index in [-0.39, 0.29) is 12.2 Å². The number of aliphatic hydroxyl groups is 2. The van der Waals surface area contributed by atoms with Crippen molar-refractivity contribution < 1.29 is 10.2 Å². The summed E-state index contributed by atoms with van der Waals surface area (Å²) in [6, 6.07) is 0. The zero-order valence-corrected chi connectivity index (χ0v) is 13.4. The smallest absolute Gasteiger partial charge is 0.0563 e. The van der Waals surface area contributed by atoms with Crippen molar-refractivity contribution in [1.82, 2.24) is 0 Å². The number of hydrogen-bond acceptors (Lipinski definition) is 2. The van der Waals surface area contributed by atoms with Gasteiger partial charge in [-0.25, -0.2) is 0 Å². The molecule has 0 bridgehead atoms. The second-order valence-corrected chi connectivity index (χ2v) is 5.48. The van der Waals surface area contributed by atoms with Gasteiger partial charge in [0.15, 0.2) is 0 Å². The van der Waals surface area contributed by atoms with Gasteiger partial charge in [0.2, 0.25) is 0 Å². The van der Waals surface area contributed by atoms with Crippen LogP contribution in [0, 0.1) is 11.8 Å². The van der Waals surface area contributed by atoms with Crippen LogP contribution in [0.1, 0.15) is 80.1 Å². The van der Waals surface area contributed by atoms with Crippen molar-refractivity contribution in [2.45, 2.75) is 92.3 Å². The molecule has 18 heavy (non-hydrogen) atoms. The van der Waals surface area contributed by atoms with Gasteiger partial charge in [-0.3, -0.25) is 0 Å². The van der Waals surface area contributed by atoms with Crippen LogP contribution >= 0.6 is 0 Å². The van der Waals surface area contributed by atoms with E-state index >= 15 is 0 Å². The summed E-state index contributed by atoms with van der Waals surface area (Å²) in [6.45, 7) is 12.6. The minimum absolute atomic E-state index is 0.0788. The zero-order valence-electron chi connectivity index (χ0n) is 13.4. The minimum atomic E-state index is -0.0788. The lowest BCUT2D eigenvalue weighted by atomic mass is 9.98. The summed E-state index contributed by atoms with van der Waals surface area (Å²) in [5.41, 5.74) is 0. The highest BCUT2D eigenvalue weighted by Gasteiger charge is 2.10. The molecule has 0 amide bonds. The normalized spacial score (nSPS) is 17.3. The van der Waals surface area contributed by atoms with Crippen LogP contribution in [0.25, 0.3) is 0 Å². The Kier molecular flexibility index (Phi) is 15.0. The van der Waals surface area contributed by atoms with Crippen molar-refractivity contribution in [2.24, 2.45) is 11.8 Å². The van der Waals surface area contributed by atoms with E-state index in [1.54, 1.807) is 0 Å². The van der Waals surface area contributed by atoms with Gasteiger partial charge in [0.25, 0.3) is 0 Å². The molecule has 2 N–H and O–H groups in total. The molecule has 0 aromatic rings. The molecule has 0 heterocycles. The highest BCUT2D eigenvalue weighted by atomic mass is 16.3. The fourth-order valence-electron chi connectivity index (χ4n) is 2.10. The number of rotatable bonds is 8. The molecule has 0 aliphatic rings. The molecule has 0 radical (unpaired) electrons. The van der Waals surface area contributed by atoms with E-state index in [9.17, 15) is 10.2 Å². The van der Waals surface area contributed by atoms with Gasteiger partial charge in [-0.1, -0.05) is 54.4 Å². The average molecular weight is 260 g/mol. The van der Waals surface area contributed by atoms with Gasteiger partial charge in [-0.05, 0) is 37.5 Å². The van der Waals surface area contributed by atoms with Crippen LogP contribution in [0.2, 0.25) is 0 Å². The van der Waals surface area contributed by atoms with Crippen molar-refractivity contribution in [3.63, 3.8) is 0 Å². The summed E-state index contributed by atoms with van der Waals surface area (Å²) >= 11 is 0. The van der Waals surface area contributed by atoms with Gasteiger partial charge in [0.1, 0.15) is 0 Å². The van der Waals surface area contributed by atoms with E-state index in [0.717, 1.165) is 25.7 Å². The summed E-state index contributed by atoms with van der Waals surface area (Å²) in [7, 11) is 0. The maximum atomic E-state index is 9.26. The molecular weight excluding hydrogens is 224 g/mol. The fraction of sp³-hybridized carbons (Fsp3) is 1.00. The van der Waals surface area contributed by atoms with Crippen molar-refractivity contribution in [2.75, 3.05) is 0 Å². The summed E-state index contributed by atoms with van der Waals surface area (Å²) in [6.07, 6.45) is 6.28. The maximum Gasteiger partial charge on any atom is 0.0563 e. The largest absolute Gasteiger partial charge is 0.393 e. The third kappa shape index (κ3) is 11.0. The Morgan fingerprint density at radius 3 is 1.11 bits per heavy atom. The monoisotopic (exact) mass is 260 g/mol. The Labute approximate surface area is 115 Å². The van der Waals surface area contributed by atoms with Gasteiger partial charge in [0, 0.05) is 0 Å². The summed E-state index contributed by atoms with van der Waals surface area (Å²) < 4.78 is 0. The van der Waals surface area contributed by atoms with Crippen LogP contribution in [-0.4, -0.2) is 22.4 Å². The predicted octanol–water partition coefficient (Wildman–Crippen LogP) is 4.39. The predicted molar refractivity (Wildman–Crippen MR) is 80.7 cm³/mol. The van der Waals surface area contributed by atoms with Crippen LogP contribution in [0.5, 0.6) is 0 Å². The van der Waals surface area contributed by atoms with Gasteiger partial charge in [-0.2, -0.15) is 0 Å². The molecule has 4 atom stereocenters. The van der Waals surface area contributed by atoms with Crippen LogP contribution in [0.3, 0.4) is 0 Å². The van der Waals surface area contributed by atoms with E-state index in [4.69, 9.17) is 0 Å². The van der Waals surface area contributed by atoms with Gasteiger partial charge < -0.3 is 10.2 Å². The SMILES string of the molecule is CCCC(C)C(O)CC.CCCC(C)C(O)CC. The molecule has 2 nitrogen and oxygen atoms in total. The van der Waals surface area contributed by atoms with Gasteiger partial charge >= 0.3 is 0 Å². The topological polar surface area (TPSA) is 40.5 Å². The first-order chi connectivity index (χ1) is 8.44. The molecule has 2 heteroatoms. The molecule has 0 fully saturated rings. The highest BCUT2D eigenvalue weighted by Crippen LogP contribution is 2.12. The Hall–Kier alpha value is -0.0800. The lowest BCUT2D eigenvalue weighted by Gasteiger charge is -2.15. The van der Waals surface area contributed by atoms with Crippen LogP contribution < -0.4 is 0 Å². The van der Waals surface area contributed by atoms with Crippen molar-refractivity contribution in [3.8, 4) is 0 Å². The second-order valence-electron chi connectivity index (χ2n) is 5.48. The standard InChI is InChI=1S/2C8H18O/c2*1-4-6-7(3)8(9)5-2/h2*7-9H,4-6H2,1-3H3. The van der Waals surface area contributed by atoms with E-state index in [2.05, 4.69) is 27.7 Å². The Bertz CT molecular complexity index is 141. The van der Waals surface area contributed by atoms with E-state index in [1.165, 1.54) is 12.8 Å². The van der Waals surface area contributed by atoms with Crippen molar-refractivity contribution >= 4 is 0 Å². The Morgan fingerprint density at radius 1 is 0.667 bits per heavy atom. The lowest BCUT2D eigenvalue weighted by Crippen LogP contribution is -2.15. The Balaban J connectivity index is 0. The lowest BCUT2D eigenvalue weighted by molar-refractivity contribution is 0.107. The molecule has 0 aliphatic carbocycles. The molecule has 0 saturated heterocycles. The number of aliphatic hydroxyl groups excluding tert-OH is 2. The molecule has 0 aliphatic heterocycles. The van der Waals surface area contributed by atoms with Gasteiger partial charge in [0.05, 0.1) is 12.2 Å². The average Bonchev–Trinajstić information content (AvgIpc) is 2.38. The fourth-order valence-corrected chi connectivity index (χ4v) is 2.10. The molecule has 0 aromatic heterocycles. The molecule has 0 rings (SSSR count). The molecule has 112 valence electrons. The minimum Gasteiger partial charge on any atom is -0.393 e. The highest BCUT2D eigenvalue weighted by molar-refractivity contribution is 4.61. The molecular formula is C16H36O2. The quantitative estimate of drug-likeness (QED) is 0.679. The summed E-state index contributed by atoms with van der Waals surface area (Å²) in [5, 5.41) is 18.5. The molecule has 0 spiro atoms. The van der Waals surface area contributed by atoms with Gasteiger partial charge in [-0.15, -0.1) is 0 Å². The van der Waals surface area contributed by atoms with Crippen LogP contribution in [0.4, 0.5) is 0 Å². The van der Waals surface area contributed by atoms with Crippen LogP contribution in [0.15, 0.2) is 0 Å². The van der Waals surface area contributed by atoms with E-state index < -0.39 is 0 Å². The number of hydrogen-bond donors (Lipinski definition) is 2. The first kappa shape index (κ1) is 20.2. The molecule has 4 unspecified atom stereocenters. The van der Waals surface area contributed by atoms with Crippen molar-refractivity contribution in [3.05, 3.63) is 0 Å². The van der Waals surface area contributed by atoms with E-state index in [1.807, 2.05) is 13.8 Å². The van der Waals surface area contributed by atoms with Crippen molar-refractivity contribution in [1.29, 1.82) is 0 Å². The Morgan fingerprint density at radius 2 is 0.944 bits per heavy atom. The third-order valence-corrected chi connectivity index (χ3v) is 3.64. The maximum absolute atomic E-state index is 9.26. The molecule has 0 saturated carbocycles. The van der Waals surface area contributed by atoms with Crippen LogP contribution in [-0.2, 0) is 0 Å².